The smallest absolute Gasteiger partial charge is 0.401 e. The van der Waals surface area contributed by atoms with Gasteiger partial charge in [0.1, 0.15) is 5.75 Å². The Balaban J connectivity index is 1.79. The van der Waals surface area contributed by atoms with Crippen LogP contribution in [-0.4, -0.2) is 68.8 Å². The molecule has 152 valence electrons. The first kappa shape index (κ1) is 21.3. The third kappa shape index (κ3) is 7.28. The van der Waals surface area contributed by atoms with Crippen LogP contribution < -0.4 is 10.1 Å². The molecule has 1 aromatic rings. The van der Waals surface area contributed by atoms with Crippen molar-refractivity contribution >= 4 is 5.96 Å². The molecule has 1 saturated heterocycles. The molecule has 8 heteroatoms. The van der Waals surface area contributed by atoms with E-state index in [1.807, 2.05) is 43.1 Å². The fraction of sp³-hybridized carbons (Fsp3) is 0.632. The van der Waals surface area contributed by atoms with Crippen molar-refractivity contribution in [3.63, 3.8) is 0 Å². The molecule has 1 unspecified atom stereocenters. The molecule has 1 aliphatic rings. The second-order valence-electron chi connectivity index (χ2n) is 6.87. The average molecular weight is 386 g/mol. The summed E-state index contributed by atoms with van der Waals surface area (Å²) in [6.07, 6.45) is -3.36. The second kappa shape index (κ2) is 9.82. The number of nitrogens with zero attached hydrogens (tertiary/aromatic N) is 3. The van der Waals surface area contributed by atoms with E-state index in [4.69, 9.17) is 4.74 Å². The van der Waals surface area contributed by atoms with Gasteiger partial charge in [-0.15, -0.1) is 0 Å². The van der Waals surface area contributed by atoms with Gasteiger partial charge in [-0.3, -0.25) is 9.89 Å². The van der Waals surface area contributed by atoms with Gasteiger partial charge in [0.15, 0.2) is 5.96 Å². The van der Waals surface area contributed by atoms with Crippen LogP contribution in [0.2, 0.25) is 0 Å². The topological polar surface area (TPSA) is 40.1 Å². The Hall–Kier alpha value is -1.96. The van der Waals surface area contributed by atoms with Gasteiger partial charge in [-0.2, -0.15) is 13.2 Å². The molecule has 0 aromatic heterocycles. The normalized spacial score (nSPS) is 18.6. The fourth-order valence-electron chi connectivity index (χ4n) is 3.30. The van der Waals surface area contributed by atoms with Crippen molar-refractivity contribution in [1.82, 2.24) is 15.1 Å². The highest BCUT2D eigenvalue weighted by Gasteiger charge is 2.34. The summed E-state index contributed by atoms with van der Waals surface area (Å²) in [5.41, 5.74) is 1.13. The second-order valence-corrected chi connectivity index (χ2v) is 6.87. The Morgan fingerprint density at radius 2 is 2.04 bits per heavy atom. The molecule has 2 rings (SSSR count). The predicted octanol–water partition coefficient (Wildman–Crippen LogP) is 2.98. The van der Waals surface area contributed by atoms with Gasteiger partial charge in [0.25, 0.3) is 0 Å². The zero-order valence-corrected chi connectivity index (χ0v) is 16.2. The molecule has 1 aliphatic heterocycles. The van der Waals surface area contributed by atoms with E-state index < -0.39 is 12.7 Å². The van der Waals surface area contributed by atoms with Crippen LogP contribution >= 0.6 is 0 Å². The first-order valence-corrected chi connectivity index (χ1v) is 9.23. The molecule has 0 amide bonds. The quantitative estimate of drug-likeness (QED) is 0.578. The van der Waals surface area contributed by atoms with E-state index in [2.05, 4.69) is 10.3 Å². The summed E-state index contributed by atoms with van der Waals surface area (Å²) in [4.78, 5) is 7.75. The maximum Gasteiger partial charge on any atom is 0.401 e. The van der Waals surface area contributed by atoms with Gasteiger partial charge >= 0.3 is 6.18 Å². The molecule has 1 heterocycles. The number of guanidine groups is 1. The number of hydrogen-bond acceptors (Lipinski definition) is 3. The summed E-state index contributed by atoms with van der Waals surface area (Å²) < 4.78 is 42.9. The minimum Gasteiger partial charge on any atom is -0.494 e. The third-order valence-electron chi connectivity index (χ3n) is 4.55. The highest BCUT2D eigenvalue weighted by molar-refractivity contribution is 5.79. The summed E-state index contributed by atoms with van der Waals surface area (Å²) in [5.74, 6) is 1.78. The van der Waals surface area contributed by atoms with Gasteiger partial charge in [0, 0.05) is 33.7 Å². The lowest BCUT2D eigenvalue weighted by Gasteiger charge is -2.24. The summed E-state index contributed by atoms with van der Waals surface area (Å²) in [6, 6.07) is 7.91. The van der Waals surface area contributed by atoms with Crippen LogP contribution in [0.1, 0.15) is 18.9 Å². The van der Waals surface area contributed by atoms with Crippen molar-refractivity contribution in [3.8, 4) is 5.75 Å². The zero-order chi connectivity index (χ0) is 19.9. The Morgan fingerprint density at radius 3 is 2.63 bits per heavy atom. The SMILES string of the molecule is CCOc1ccc(CN(C)C(=NC)NCC2CCN(CC(F)(F)F)C2)cc1. The van der Waals surface area contributed by atoms with Gasteiger partial charge in [0.05, 0.1) is 13.2 Å². The van der Waals surface area contributed by atoms with Gasteiger partial charge < -0.3 is 15.0 Å². The number of ether oxygens (including phenoxy) is 1. The Morgan fingerprint density at radius 1 is 1.33 bits per heavy atom. The molecule has 1 aromatic carbocycles. The largest absolute Gasteiger partial charge is 0.494 e. The van der Waals surface area contributed by atoms with Crippen molar-refractivity contribution in [3.05, 3.63) is 29.8 Å². The summed E-state index contributed by atoms with van der Waals surface area (Å²) in [7, 11) is 3.65. The molecule has 0 spiro atoms. The van der Waals surface area contributed by atoms with Crippen LogP contribution in [0.3, 0.4) is 0 Å². The van der Waals surface area contributed by atoms with E-state index in [0.29, 0.717) is 32.8 Å². The van der Waals surface area contributed by atoms with Crippen molar-refractivity contribution in [2.75, 3.05) is 46.9 Å². The summed E-state index contributed by atoms with van der Waals surface area (Å²) >= 11 is 0. The van der Waals surface area contributed by atoms with Crippen LogP contribution in [0.25, 0.3) is 0 Å². The molecule has 0 saturated carbocycles. The highest BCUT2D eigenvalue weighted by atomic mass is 19.4. The Bertz CT molecular complexity index is 604. The maximum absolute atomic E-state index is 12.5. The number of alkyl halides is 3. The number of hydrogen-bond donors (Lipinski definition) is 1. The van der Waals surface area contributed by atoms with E-state index in [-0.39, 0.29) is 5.92 Å². The van der Waals surface area contributed by atoms with E-state index >= 15 is 0 Å². The highest BCUT2D eigenvalue weighted by Crippen LogP contribution is 2.22. The van der Waals surface area contributed by atoms with Crippen molar-refractivity contribution in [2.45, 2.75) is 26.1 Å². The zero-order valence-electron chi connectivity index (χ0n) is 16.2. The standard InChI is InChI=1S/C19H29F3N4O/c1-4-27-17-7-5-15(6-8-17)12-25(3)18(23-2)24-11-16-9-10-26(13-16)14-19(20,21)22/h5-8,16H,4,9-14H2,1-3H3,(H,23,24). The molecule has 0 bridgehead atoms. The maximum atomic E-state index is 12.5. The lowest BCUT2D eigenvalue weighted by atomic mass is 10.1. The number of benzene rings is 1. The minimum absolute atomic E-state index is 0.197. The van der Waals surface area contributed by atoms with Crippen molar-refractivity contribution in [2.24, 2.45) is 10.9 Å². The van der Waals surface area contributed by atoms with Gasteiger partial charge in [0.2, 0.25) is 0 Å². The predicted molar refractivity (Wildman–Crippen MR) is 101 cm³/mol. The molecule has 1 atom stereocenters. The first-order valence-electron chi connectivity index (χ1n) is 9.23. The molecular formula is C19H29F3N4O. The number of aliphatic imine (C=N–C) groups is 1. The molecule has 0 radical (unpaired) electrons. The van der Waals surface area contributed by atoms with Gasteiger partial charge in [-0.1, -0.05) is 12.1 Å². The molecule has 0 aliphatic carbocycles. The molecular weight excluding hydrogens is 357 g/mol. The molecule has 27 heavy (non-hydrogen) atoms. The van der Waals surface area contributed by atoms with E-state index in [1.54, 1.807) is 7.05 Å². The van der Waals surface area contributed by atoms with Crippen LogP contribution in [0.5, 0.6) is 5.75 Å². The van der Waals surface area contributed by atoms with Crippen LogP contribution in [0.15, 0.2) is 29.3 Å². The molecule has 1 N–H and O–H groups in total. The number of rotatable bonds is 7. The van der Waals surface area contributed by atoms with E-state index in [0.717, 1.165) is 23.7 Å². The third-order valence-corrected chi connectivity index (χ3v) is 4.55. The van der Waals surface area contributed by atoms with Gasteiger partial charge in [-0.25, -0.2) is 0 Å². The van der Waals surface area contributed by atoms with Crippen LogP contribution in [0, 0.1) is 5.92 Å². The van der Waals surface area contributed by atoms with Crippen LogP contribution in [0.4, 0.5) is 13.2 Å². The lowest BCUT2D eigenvalue weighted by Crippen LogP contribution is -2.41. The Labute approximate surface area is 159 Å². The van der Waals surface area contributed by atoms with Gasteiger partial charge in [-0.05, 0) is 43.5 Å². The summed E-state index contributed by atoms with van der Waals surface area (Å²) in [6.45, 7) is 4.02. The van der Waals surface area contributed by atoms with E-state index in [1.165, 1.54) is 4.90 Å². The number of nitrogens with one attached hydrogen (secondary N) is 1. The molecule has 5 nitrogen and oxygen atoms in total. The summed E-state index contributed by atoms with van der Waals surface area (Å²) in [5, 5.41) is 3.29. The Kier molecular flexibility index (Phi) is 7.77. The monoisotopic (exact) mass is 386 g/mol. The van der Waals surface area contributed by atoms with Crippen molar-refractivity contribution < 1.29 is 17.9 Å². The van der Waals surface area contributed by atoms with Crippen molar-refractivity contribution in [1.29, 1.82) is 0 Å². The van der Waals surface area contributed by atoms with E-state index in [9.17, 15) is 13.2 Å². The fourth-order valence-corrected chi connectivity index (χ4v) is 3.30. The number of halogens is 3. The lowest BCUT2D eigenvalue weighted by molar-refractivity contribution is -0.143. The molecule has 1 fully saturated rings. The first-order chi connectivity index (χ1) is 12.8. The van der Waals surface area contributed by atoms with Crippen LogP contribution in [-0.2, 0) is 6.54 Å². The average Bonchev–Trinajstić information content (AvgIpc) is 3.03. The minimum atomic E-state index is -4.13. The number of likely N-dealkylation sites (tertiary alicyclic amines) is 1.